The Morgan fingerprint density at radius 2 is 1.50 bits per heavy atom. The van der Waals surface area contributed by atoms with E-state index in [1.54, 1.807) is 0 Å². The molecule has 0 saturated heterocycles. The van der Waals surface area contributed by atoms with Crippen LogP contribution in [0.2, 0.25) is 0 Å². The fourth-order valence-electron chi connectivity index (χ4n) is 2.81. The largest absolute Gasteiger partial charge is 0.368 e. The molecule has 0 aliphatic carbocycles. The van der Waals surface area contributed by atoms with Crippen LogP contribution in [-0.4, -0.2) is 15.0 Å². The number of nitrogens with two attached hydrogens (primary N) is 2. The summed E-state index contributed by atoms with van der Waals surface area (Å²) in [6.45, 7) is 9.34. The fourth-order valence-corrected chi connectivity index (χ4v) is 2.81. The molecule has 6 nitrogen and oxygen atoms in total. The number of hydrogen-bond acceptors (Lipinski definition) is 6. The lowest BCUT2D eigenvalue weighted by atomic mass is 9.94. The van der Waals surface area contributed by atoms with E-state index in [1.807, 2.05) is 0 Å². The summed E-state index contributed by atoms with van der Waals surface area (Å²) in [4.78, 5) is 12.0. The summed E-state index contributed by atoms with van der Waals surface area (Å²) >= 11 is 0. The zero-order valence-corrected chi connectivity index (χ0v) is 15.0. The average Bonchev–Trinajstić information content (AvgIpc) is 2.47. The van der Waals surface area contributed by atoms with Crippen LogP contribution in [0.5, 0.6) is 0 Å². The molecular formula is C18H28N6. The predicted molar refractivity (Wildman–Crippen MR) is 98.1 cm³/mol. The van der Waals surface area contributed by atoms with Gasteiger partial charge in [-0.15, -0.1) is 0 Å². The molecule has 0 unspecified atom stereocenters. The van der Waals surface area contributed by atoms with Gasteiger partial charge in [0.15, 0.2) is 0 Å². The van der Waals surface area contributed by atoms with E-state index in [0.717, 1.165) is 6.42 Å². The summed E-state index contributed by atoms with van der Waals surface area (Å²) in [5.41, 5.74) is 13.9. The molecule has 1 aromatic heterocycles. The predicted octanol–water partition coefficient (Wildman–Crippen LogP) is 2.72. The van der Waals surface area contributed by atoms with Crippen molar-refractivity contribution in [1.82, 2.24) is 20.3 Å². The minimum absolute atomic E-state index is 0.151. The van der Waals surface area contributed by atoms with Crippen LogP contribution in [0.25, 0.3) is 0 Å². The van der Waals surface area contributed by atoms with Crippen molar-refractivity contribution in [2.45, 2.75) is 46.7 Å². The first-order valence-corrected chi connectivity index (χ1v) is 8.43. The zero-order chi connectivity index (χ0) is 17.7. The first-order valence-electron chi connectivity index (χ1n) is 8.43. The van der Waals surface area contributed by atoms with Crippen molar-refractivity contribution >= 4 is 11.9 Å². The van der Waals surface area contributed by atoms with Crippen molar-refractivity contribution in [3.8, 4) is 0 Å². The van der Waals surface area contributed by atoms with E-state index in [0.29, 0.717) is 24.2 Å². The third-order valence-corrected chi connectivity index (χ3v) is 3.85. The number of aromatic nitrogens is 3. The van der Waals surface area contributed by atoms with Crippen molar-refractivity contribution in [2.24, 2.45) is 11.8 Å². The standard InChI is InChI=1S/C18H28N6/c1-11(2)9-13-5-7-14(8-6-13)16(12(3)4)21-10-15-22-17(19)24-18(20)23-15/h5-8,11-12,16,21H,9-10H2,1-4H3,(H4,19,20,22,23,24)/t16-/m0/s1. The lowest BCUT2D eigenvalue weighted by molar-refractivity contribution is 0.405. The van der Waals surface area contributed by atoms with Gasteiger partial charge < -0.3 is 16.8 Å². The van der Waals surface area contributed by atoms with Gasteiger partial charge in [0.05, 0.1) is 6.54 Å². The molecule has 1 aromatic carbocycles. The summed E-state index contributed by atoms with van der Waals surface area (Å²) in [7, 11) is 0. The Hall–Kier alpha value is -2.21. The highest BCUT2D eigenvalue weighted by Crippen LogP contribution is 2.23. The number of anilines is 2. The number of rotatable bonds is 7. The second kappa shape index (κ2) is 8.06. The topological polar surface area (TPSA) is 103 Å². The smallest absolute Gasteiger partial charge is 0.225 e. The summed E-state index contributed by atoms with van der Waals surface area (Å²) < 4.78 is 0. The molecule has 2 rings (SSSR count). The van der Waals surface area contributed by atoms with Gasteiger partial charge in [-0.25, -0.2) is 0 Å². The molecule has 0 saturated carbocycles. The molecule has 1 atom stereocenters. The monoisotopic (exact) mass is 328 g/mol. The molecule has 0 aliphatic rings. The Kier molecular flexibility index (Phi) is 6.09. The molecule has 24 heavy (non-hydrogen) atoms. The van der Waals surface area contributed by atoms with Crippen molar-refractivity contribution in [3.63, 3.8) is 0 Å². The molecule has 2 aromatic rings. The van der Waals surface area contributed by atoms with E-state index in [-0.39, 0.29) is 17.9 Å². The second-order valence-electron chi connectivity index (χ2n) is 6.91. The van der Waals surface area contributed by atoms with Gasteiger partial charge in [0, 0.05) is 6.04 Å². The van der Waals surface area contributed by atoms with Gasteiger partial charge in [-0.2, -0.15) is 15.0 Å². The number of hydrogen-bond donors (Lipinski definition) is 3. The first-order chi connectivity index (χ1) is 11.3. The van der Waals surface area contributed by atoms with Crippen LogP contribution in [-0.2, 0) is 13.0 Å². The Labute approximate surface area is 144 Å². The van der Waals surface area contributed by atoms with Crippen molar-refractivity contribution in [1.29, 1.82) is 0 Å². The van der Waals surface area contributed by atoms with E-state index in [4.69, 9.17) is 11.5 Å². The molecule has 1 heterocycles. The first kappa shape index (κ1) is 18.1. The maximum atomic E-state index is 5.62. The van der Waals surface area contributed by atoms with Gasteiger partial charge in [-0.1, -0.05) is 52.0 Å². The highest BCUT2D eigenvalue weighted by atomic mass is 15.2. The van der Waals surface area contributed by atoms with Gasteiger partial charge in [-0.05, 0) is 29.4 Å². The number of nitrogens with one attached hydrogen (secondary N) is 1. The summed E-state index contributed by atoms with van der Waals surface area (Å²) in [6, 6.07) is 9.03. The number of benzene rings is 1. The molecule has 5 N–H and O–H groups in total. The van der Waals surface area contributed by atoms with Crippen LogP contribution in [0.4, 0.5) is 11.9 Å². The summed E-state index contributed by atoms with van der Waals surface area (Å²) in [6.07, 6.45) is 1.10. The molecule has 0 fully saturated rings. The van der Waals surface area contributed by atoms with Gasteiger partial charge >= 0.3 is 0 Å². The minimum atomic E-state index is 0.151. The van der Waals surface area contributed by atoms with E-state index < -0.39 is 0 Å². The van der Waals surface area contributed by atoms with Gasteiger partial charge in [0.2, 0.25) is 11.9 Å². The SMILES string of the molecule is CC(C)Cc1ccc([C@@H](NCc2nc(N)nc(N)n2)C(C)C)cc1. The van der Waals surface area contributed by atoms with Gasteiger partial charge in [0.1, 0.15) is 5.82 Å². The van der Waals surface area contributed by atoms with Crippen LogP contribution in [0, 0.1) is 11.8 Å². The lowest BCUT2D eigenvalue weighted by Gasteiger charge is -2.23. The van der Waals surface area contributed by atoms with Crippen LogP contribution < -0.4 is 16.8 Å². The summed E-state index contributed by atoms with van der Waals surface area (Å²) in [5.74, 6) is 1.95. The maximum absolute atomic E-state index is 5.62. The van der Waals surface area contributed by atoms with E-state index in [9.17, 15) is 0 Å². The zero-order valence-electron chi connectivity index (χ0n) is 15.0. The summed E-state index contributed by atoms with van der Waals surface area (Å²) in [5, 5.41) is 3.50. The van der Waals surface area contributed by atoms with Gasteiger partial charge in [-0.3, -0.25) is 0 Å². The highest BCUT2D eigenvalue weighted by Gasteiger charge is 2.16. The third kappa shape index (κ3) is 5.16. The maximum Gasteiger partial charge on any atom is 0.225 e. The molecule has 130 valence electrons. The highest BCUT2D eigenvalue weighted by molar-refractivity contribution is 5.27. The van der Waals surface area contributed by atoms with E-state index in [2.05, 4.69) is 72.2 Å². The molecule has 0 aliphatic heterocycles. The average molecular weight is 328 g/mol. The lowest BCUT2D eigenvalue weighted by Crippen LogP contribution is -2.26. The molecule has 0 bridgehead atoms. The van der Waals surface area contributed by atoms with Crippen LogP contribution >= 0.6 is 0 Å². The number of nitrogens with zero attached hydrogens (tertiary/aromatic N) is 3. The van der Waals surface area contributed by atoms with E-state index in [1.165, 1.54) is 11.1 Å². The Morgan fingerprint density at radius 1 is 0.917 bits per heavy atom. The molecule has 0 spiro atoms. The van der Waals surface area contributed by atoms with Crippen molar-refractivity contribution in [2.75, 3.05) is 11.5 Å². The van der Waals surface area contributed by atoms with Crippen LogP contribution in [0.3, 0.4) is 0 Å². The third-order valence-electron chi connectivity index (χ3n) is 3.85. The van der Waals surface area contributed by atoms with Crippen molar-refractivity contribution in [3.05, 3.63) is 41.2 Å². The molecular weight excluding hydrogens is 300 g/mol. The quantitative estimate of drug-likeness (QED) is 0.722. The Morgan fingerprint density at radius 3 is 2.00 bits per heavy atom. The second-order valence-corrected chi connectivity index (χ2v) is 6.91. The molecule has 0 amide bonds. The molecule has 6 heteroatoms. The Balaban J connectivity index is 2.08. The minimum Gasteiger partial charge on any atom is -0.368 e. The number of nitrogen functional groups attached to an aromatic ring is 2. The van der Waals surface area contributed by atoms with Crippen LogP contribution in [0.15, 0.2) is 24.3 Å². The molecule has 0 radical (unpaired) electrons. The Bertz CT molecular complexity index is 631. The van der Waals surface area contributed by atoms with Gasteiger partial charge in [0.25, 0.3) is 0 Å². The van der Waals surface area contributed by atoms with E-state index >= 15 is 0 Å². The van der Waals surface area contributed by atoms with Crippen molar-refractivity contribution < 1.29 is 0 Å². The normalized spacial score (nSPS) is 12.8. The fraction of sp³-hybridized carbons (Fsp3) is 0.500. The van der Waals surface area contributed by atoms with Crippen LogP contribution in [0.1, 0.15) is 50.7 Å².